The first-order valence-electron chi connectivity index (χ1n) is 5.23. The zero-order valence-electron chi connectivity index (χ0n) is 9.86. The maximum atomic E-state index is 11.6. The van der Waals surface area contributed by atoms with E-state index in [1.54, 1.807) is 32.0 Å². The average Bonchev–Trinajstić information content (AvgIpc) is 2.17. The minimum absolute atomic E-state index is 0.243. The maximum absolute atomic E-state index is 11.6. The van der Waals surface area contributed by atoms with E-state index >= 15 is 0 Å². The molecule has 0 spiro atoms. The number of fused-ring (bicyclic) bond motifs is 1. The molecule has 1 aliphatic rings. The van der Waals surface area contributed by atoms with Gasteiger partial charge < -0.3 is 10.1 Å². The Bertz CT molecular complexity index is 609. The molecule has 1 N–H and O–H groups in total. The molecule has 2 rings (SSSR count). The largest absolute Gasteiger partial charge is 0.476 e. The first-order chi connectivity index (χ1) is 8.17. The third-order valence-electron chi connectivity index (χ3n) is 2.55. The molecule has 1 heterocycles. The van der Waals surface area contributed by atoms with Crippen LogP contribution in [0.2, 0.25) is 0 Å². The van der Waals surface area contributed by atoms with E-state index in [0.717, 1.165) is 0 Å². The summed E-state index contributed by atoms with van der Waals surface area (Å²) in [5, 5.41) is 2.69. The Balaban J connectivity index is 2.36. The van der Waals surface area contributed by atoms with Gasteiger partial charge in [-0.2, -0.15) is 0 Å². The van der Waals surface area contributed by atoms with Crippen LogP contribution in [0.4, 0.5) is 5.69 Å². The first-order valence-corrected chi connectivity index (χ1v) is 7.71. The van der Waals surface area contributed by atoms with E-state index in [4.69, 9.17) is 15.4 Å². The van der Waals surface area contributed by atoms with Crippen molar-refractivity contribution in [2.75, 3.05) is 5.32 Å². The van der Waals surface area contributed by atoms with Crippen LogP contribution in [-0.4, -0.2) is 19.9 Å². The lowest BCUT2D eigenvalue weighted by Crippen LogP contribution is -2.45. The van der Waals surface area contributed by atoms with Crippen LogP contribution in [0.15, 0.2) is 18.2 Å². The highest BCUT2D eigenvalue weighted by Gasteiger charge is 2.35. The van der Waals surface area contributed by atoms with Gasteiger partial charge in [-0.1, -0.05) is 6.07 Å². The highest BCUT2D eigenvalue weighted by molar-refractivity contribution is 8.13. The molecule has 7 heteroatoms. The van der Waals surface area contributed by atoms with E-state index in [0.29, 0.717) is 17.0 Å². The maximum Gasteiger partial charge on any atom is 0.268 e. The first kappa shape index (κ1) is 13.2. The number of carbonyl (C=O) groups excluding carboxylic acids is 1. The summed E-state index contributed by atoms with van der Waals surface area (Å²) in [5.41, 5.74) is 0.0524. The molecule has 0 saturated carbocycles. The van der Waals surface area contributed by atoms with Gasteiger partial charge in [0.15, 0.2) is 5.60 Å². The Morgan fingerprint density at radius 2 is 2.06 bits per heavy atom. The minimum atomic E-state index is -3.61. The Hall–Kier alpha value is -1.27. The summed E-state index contributed by atoms with van der Waals surface area (Å²) in [6, 6.07) is 4.75. The second-order valence-electron chi connectivity index (χ2n) is 4.58. The van der Waals surface area contributed by atoms with E-state index in [2.05, 4.69) is 5.32 Å². The predicted octanol–water partition coefficient (Wildman–Crippen LogP) is 1.86. The number of nitrogens with one attached hydrogen (secondary N) is 1. The highest BCUT2D eigenvalue weighted by atomic mass is 35.7. The molecule has 1 amide bonds. The normalized spacial score (nSPS) is 17.6. The molecule has 0 radical (unpaired) electrons. The van der Waals surface area contributed by atoms with E-state index < -0.39 is 14.7 Å². The molecule has 1 aliphatic heterocycles. The van der Waals surface area contributed by atoms with Gasteiger partial charge in [-0.3, -0.25) is 4.79 Å². The Labute approximate surface area is 110 Å². The fourth-order valence-corrected chi connectivity index (χ4v) is 2.59. The number of ether oxygens (including phenoxy) is 1. The van der Waals surface area contributed by atoms with Crippen molar-refractivity contribution in [3.63, 3.8) is 0 Å². The summed E-state index contributed by atoms with van der Waals surface area (Å²) in [7, 11) is 1.58. The van der Waals surface area contributed by atoms with Gasteiger partial charge in [-0.15, -0.1) is 0 Å². The molecule has 0 unspecified atom stereocenters. The molecular formula is C11H12ClNO4S. The third kappa shape index (κ3) is 2.76. The monoisotopic (exact) mass is 289 g/mol. The van der Waals surface area contributed by atoms with Gasteiger partial charge in [0.05, 0.1) is 11.4 Å². The summed E-state index contributed by atoms with van der Waals surface area (Å²) in [5.74, 6) is -0.0790. The fraction of sp³-hybridized carbons (Fsp3) is 0.364. The summed E-state index contributed by atoms with van der Waals surface area (Å²) < 4.78 is 27.5. The Morgan fingerprint density at radius 3 is 2.67 bits per heavy atom. The van der Waals surface area contributed by atoms with Crippen molar-refractivity contribution in [1.82, 2.24) is 0 Å². The molecule has 0 aliphatic carbocycles. The van der Waals surface area contributed by atoms with Gasteiger partial charge in [0.25, 0.3) is 5.91 Å². The second kappa shape index (κ2) is 4.13. The van der Waals surface area contributed by atoms with Gasteiger partial charge >= 0.3 is 0 Å². The van der Waals surface area contributed by atoms with E-state index in [-0.39, 0.29) is 11.7 Å². The molecule has 98 valence electrons. The van der Waals surface area contributed by atoms with Gasteiger partial charge in [-0.05, 0) is 31.5 Å². The SMILES string of the molecule is CC1(C)Oc2cc(CS(=O)(=O)Cl)ccc2NC1=O. The Kier molecular flexibility index (Phi) is 3.03. The average molecular weight is 290 g/mol. The smallest absolute Gasteiger partial charge is 0.268 e. The molecule has 18 heavy (non-hydrogen) atoms. The van der Waals surface area contributed by atoms with Gasteiger partial charge in [0.1, 0.15) is 5.75 Å². The summed E-state index contributed by atoms with van der Waals surface area (Å²) in [6.45, 7) is 3.27. The number of benzene rings is 1. The van der Waals surface area contributed by atoms with Crippen molar-refractivity contribution in [3.05, 3.63) is 23.8 Å². The molecule has 0 fully saturated rings. The number of amides is 1. The number of halogens is 1. The summed E-state index contributed by atoms with van der Waals surface area (Å²) >= 11 is 0. The van der Waals surface area contributed by atoms with Crippen LogP contribution in [-0.2, 0) is 19.6 Å². The van der Waals surface area contributed by atoms with Crippen molar-refractivity contribution in [3.8, 4) is 5.75 Å². The van der Waals surface area contributed by atoms with Crippen LogP contribution in [0.1, 0.15) is 19.4 Å². The molecule has 5 nitrogen and oxygen atoms in total. The van der Waals surface area contributed by atoms with Crippen LogP contribution in [0.3, 0.4) is 0 Å². The Morgan fingerprint density at radius 1 is 1.39 bits per heavy atom. The van der Waals surface area contributed by atoms with Crippen LogP contribution >= 0.6 is 10.7 Å². The molecule has 0 atom stereocenters. The zero-order chi connectivity index (χ0) is 13.6. The predicted molar refractivity (Wildman–Crippen MR) is 68.3 cm³/mol. The quantitative estimate of drug-likeness (QED) is 0.844. The summed E-state index contributed by atoms with van der Waals surface area (Å²) in [6.07, 6.45) is 0. The van der Waals surface area contributed by atoms with Crippen LogP contribution in [0.5, 0.6) is 5.75 Å². The molecular weight excluding hydrogens is 278 g/mol. The lowest BCUT2D eigenvalue weighted by atomic mass is 10.1. The highest BCUT2D eigenvalue weighted by Crippen LogP contribution is 2.34. The topological polar surface area (TPSA) is 72.5 Å². The zero-order valence-corrected chi connectivity index (χ0v) is 11.4. The van der Waals surface area contributed by atoms with Crippen molar-refractivity contribution >= 4 is 31.3 Å². The summed E-state index contributed by atoms with van der Waals surface area (Å²) in [4.78, 5) is 11.6. The lowest BCUT2D eigenvalue weighted by molar-refractivity contribution is -0.129. The molecule has 1 aromatic rings. The molecule has 0 aromatic heterocycles. The number of hydrogen-bond donors (Lipinski definition) is 1. The molecule has 1 aromatic carbocycles. The van der Waals surface area contributed by atoms with E-state index in [1.165, 1.54) is 0 Å². The molecule has 0 saturated heterocycles. The van der Waals surface area contributed by atoms with Crippen molar-refractivity contribution in [2.45, 2.75) is 25.2 Å². The fourth-order valence-electron chi connectivity index (χ4n) is 1.64. The van der Waals surface area contributed by atoms with Crippen LogP contribution in [0.25, 0.3) is 0 Å². The van der Waals surface area contributed by atoms with Crippen molar-refractivity contribution in [2.24, 2.45) is 0 Å². The minimum Gasteiger partial charge on any atom is -0.476 e. The van der Waals surface area contributed by atoms with Gasteiger partial charge in [-0.25, -0.2) is 8.42 Å². The van der Waals surface area contributed by atoms with Crippen LogP contribution < -0.4 is 10.1 Å². The second-order valence-corrected chi connectivity index (χ2v) is 7.36. The standard InChI is InChI=1S/C11H12ClNO4S/c1-11(2)10(14)13-8-4-3-7(5-9(8)17-11)6-18(12,15)16/h3-5H,6H2,1-2H3,(H,13,14). The van der Waals surface area contributed by atoms with E-state index in [9.17, 15) is 13.2 Å². The van der Waals surface area contributed by atoms with Gasteiger partial charge in [0.2, 0.25) is 9.05 Å². The van der Waals surface area contributed by atoms with Crippen LogP contribution in [0, 0.1) is 0 Å². The lowest BCUT2D eigenvalue weighted by Gasteiger charge is -2.31. The van der Waals surface area contributed by atoms with Gasteiger partial charge in [0, 0.05) is 10.7 Å². The van der Waals surface area contributed by atoms with Crippen molar-refractivity contribution < 1.29 is 17.9 Å². The van der Waals surface area contributed by atoms with Crippen molar-refractivity contribution in [1.29, 1.82) is 0 Å². The number of rotatable bonds is 2. The molecule has 0 bridgehead atoms. The van der Waals surface area contributed by atoms with E-state index in [1.807, 2.05) is 0 Å². The number of hydrogen-bond acceptors (Lipinski definition) is 4. The number of carbonyl (C=O) groups is 1. The number of anilines is 1. The third-order valence-corrected chi connectivity index (χ3v) is 3.55.